The molecule has 0 unspecified atom stereocenters. The summed E-state index contributed by atoms with van der Waals surface area (Å²) in [6, 6.07) is 4.21. The zero-order valence-electron chi connectivity index (χ0n) is 10.5. The van der Waals surface area contributed by atoms with Crippen molar-refractivity contribution in [3.8, 4) is 11.5 Å². The van der Waals surface area contributed by atoms with Crippen LogP contribution in [0.15, 0.2) is 23.3 Å². The van der Waals surface area contributed by atoms with Gasteiger partial charge in [-0.05, 0) is 36.8 Å². The fourth-order valence-electron chi connectivity index (χ4n) is 2.79. The Morgan fingerprint density at radius 3 is 2.79 bits per heavy atom. The minimum atomic E-state index is -0.0696. The summed E-state index contributed by atoms with van der Waals surface area (Å²) in [6.07, 6.45) is 5.91. The summed E-state index contributed by atoms with van der Waals surface area (Å²) in [4.78, 5) is 11.8. The van der Waals surface area contributed by atoms with Crippen molar-refractivity contribution < 1.29 is 15.0 Å². The molecule has 1 aromatic rings. The van der Waals surface area contributed by atoms with E-state index in [1.807, 2.05) is 0 Å². The Morgan fingerprint density at radius 2 is 2.21 bits per heavy atom. The third-order valence-electron chi connectivity index (χ3n) is 4.25. The number of hydrazone groups is 1. The highest BCUT2D eigenvalue weighted by Gasteiger charge is 2.60. The van der Waals surface area contributed by atoms with Crippen molar-refractivity contribution >= 4 is 12.1 Å². The zero-order valence-corrected chi connectivity index (χ0v) is 10.5. The van der Waals surface area contributed by atoms with Gasteiger partial charge < -0.3 is 10.2 Å². The first-order valence-electron chi connectivity index (χ1n) is 6.46. The van der Waals surface area contributed by atoms with E-state index in [-0.39, 0.29) is 23.3 Å². The normalized spacial score (nSPS) is 23.3. The van der Waals surface area contributed by atoms with E-state index in [9.17, 15) is 9.90 Å². The first kappa shape index (κ1) is 12.0. The van der Waals surface area contributed by atoms with E-state index < -0.39 is 0 Å². The molecule has 3 rings (SSSR count). The van der Waals surface area contributed by atoms with E-state index in [4.69, 9.17) is 5.11 Å². The molecule has 19 heavy (non-hydrogen) atoms. The number of phenols is 2. The highest BCUT2D eigenvalue weighted by molar-refractivity contribution is 5.87. The molecule has 1 atom stereocenters. The Morgan fingerprint density at radius 1 is 1.42 bits per heavy atom. The summed E-state index contributed by atoms with van der Waals surface area (Å²) in [5.41, 5.74) is 3.26. The average Bonchev–Trinajstić information content (AvgIpc) is 3.07. The van der Waals surface area contributed by atoms with Crippen LogP contribution in [0.25, 0.3) is 0 Å². The van der Waals surface area contributed by atoms with E-state index in [0.717, 1.165) is 19.3 Å². The molecule has 0 saturated heterocycles. The molecule has 0 heterocycles. The smallest absolute Gasteiger partial charge is 0.243 e. The molecule has 2 fully saturated rings. The van der Waals surface area contributed by atoms with Gasteiger partial charge in [0.05, 0.1) is 6.21 Å². The molecule has 1 amide bonds. The Hall–Kier alpha value is -2.04. The quantitative estimate of drug-likeness (QED) is 0.572. The number of aromatic hydroxyl groups is 2. The van der Waals surface area contributed by atoms with Crippen LogP contribution < -0.4 is 5.43 Å². The molecule has 0 radical (unpaired) electrons. The van der Waals surface area contributed by atoms with E-state index in [1.165, 1.54) is 30.8 Å². The van der Waals surface area contributed by atoms with Gasteiger partial charge in [0.1, 0.15) is 11.5 Å². The molecular formula is C14H16N2O3. The van der Waals surface area contributed by atoms with Gasteiger partial charge in [0.25, 0.3) is 0 Å². The lowest BCUT2D eigenvalue weighted by atomic mass is 9.80. The van der Waals surface area contributed by atoms with Crippen LogP contribution in [0.1, 0.15) is 31.2 Å². The van der Waals surface area contributed by atoms with Gasteiger partial charge in [-0.3, -0.25) is 4.79 Å². The Bertz CT molecular complexity index is 550. The number of rotatable bonds is 3. The van der Waals surface area contributed by atoms with E-state index in [1.54, 1.807) is 0 Å². The number of phenolic OH excluding ortho intramolecular Hbond substituents is 2. The van der Waals surface area contributed by atoms with Crippen molar-refractivity contribution in [2.75, 3.05) is 0 Å². The monoisotopic (exact) mass is 260 g/mol. The maximum absolute atomic E-state index is 11.8. The van der Waals surface area contributed by atoms with Gasteiger partial charge in [-0.15, -0.1) is 0 Å². The molecule has 100 valence electrons. The van der Waals surface area contributed by atoms with Crippen molar-refractivity contribution in [1.82, 2.24) is 5.43 Å². The molecule has 1 aromatic carbocycles. The lowest BCUT2D eigenvalue weighted by molar-refractivity contribution is -0.123. The summed E-state index contributed by atoms with van der Waals surface area (Å²) in [6.45, 7) is 0. The van der Waals surface area contributed by atoms with Crippen LogP contribution in [0.2, 0.25) is 0 Å². The van der Waals surface area contributed by atoms with Gasteiger partial charge in [-0.25, -0.2) is 5.43 Å². The zero-order chi connectivity index (χ0) is 13.5. The minimum absolute atomic E-state index is 0.0106. The van der Waals surface area contributed by atoms with Crippen molar-refractivity contribution in [3.63, 3.8) is 0 Å². The number of benzene rings is 1. The van der Waals surface area contributed by atoms with Gasteiger partial charge in [-0.2, -0.15) is 5.10 Å². The number of carbonyl (C=O) groups excluding carboxylic acids is 1. The average molecular weight is 260 g/mol. The predicted octanol–water partition coefficient (Wildman–Crippen LogP) is 1.74. The number of hydrogen-bond acceptors (Lipinski definition) is 4. The summed E-state index contributed by atoms with van der Waals surface area (Å²) in [7, 11) is 0. The third kappa shape index (κ3) is 2.16. The van der Waals surface area contributed by atoms with Crippen LogP contribution in [-0.2, 0) is 4.79 Å². The van der Waals surface area contributed by atoms with Crippen molar-refractivity contribution in [3.05, 3.63) is 23.8 Å². The Balaban J connectivity index is 1.57. The molecule has 0 bridgehead atoms. The van der Waals surface area contributed by atoms with Crippen LogP contribution >= 0.6 is 0 Å². The Kier molecular flexibility index (Phi) is 2.69. The summed E-state index contributed by atoms with van der Waals surface area (Å²) < 4.78 is 0. The first-order valence-corrected chi connectivity index (χ1v) is 6.46. The number of amides is 1. The summed E-state index contributed by atoms with van der Waals surface area (Å²) in [5, 5.41) is 22.5. The fourth-order valence-corrected chi connectivity index (χ4v) is 2.79. The van der Waals surface area contributed by atoms with Crippen LogP contribution in [-0.4, -0.2) is 22.3 Å². The van der Waals surface area contributed by atoms with E-state index in [0.29, 0.717) is 11.0 Å². The van der Waals surface area contributed by atoms with Gasteiger partial charge in [0, 0.05) is 17.5 Å². The molecule has 0 aromatic heterocycles. The Labute approximate surface area is 111 Å². The van der Waals surface area contributed by atoms with Crippen molar-refractivity contribution in [2.24, 2.45) is 16.4 Å². The van der Waals surface area contributed by atoms with Gasteiger partial charge >= 0.3 is 0 Å². The second-order valence-corrected chi connectivity index (χ2v) is 5.45. The molecule has 2 aliphatic rings. The van der Waals surface area contributed by atoms with Gasteiger partial charge in [-0.1, -0.05) is 6.42 Å². The predicted molar refractivity (Wildman–Crippen MR) is 69.9 cm³/mol. The van der Waals surface area contributed by atoms with E-state index in [2.05, 4.69) is 10.5 Å². The maximum Gasteiger partial charge on any atom is 0.243 e. The first-order chi connectivity index (χ1) is 9.11. The van der Waals surface area contributed by atoms with Crippen molar-refractivity contribution in [2.45, 2.75) is 25.7 Å². The highest BCUT2D eigenvalue weighted by atomic mass is 16.3. The molecule has 3 N–H and O–H groups in total. The second-order valence-electron chi connectivity index (χ2n) is 5.45. The van der Waals surface area contributed by atoms with Crippen LogP contribution in [0, 0.1) is 11.3 Å². The minimum Gasteiger partial charge on any atom is -0.508 e. The molecule has 0 aliphatic heterocycles. The molecule has 2 saturated carbocycles. The summed E-state index contributed by atoms with van der Waals surface area (Å²) >= 11 is 0. The highest BCUT2D eigenvalue weighted by Crippen LogP contribution is 2.65. The molecule has 2 aliphatic carbocycles. The standard InChI is InChI=1S/C14H16N2O3/c17-10-3-2-9(12(18)6-10)8-15-16-13(19)11-7-14(11)4-1-5-14/h2-3,6,8,11,17-18H,1,4-5,7H2,(H,16,19)/b15-8-/t11-/m0/s1. The van der Waals surface area contributed by atoms with Crippen molar-refractivity contribution in [1.29, 1.82) is 0 Å². The van der Waals surface area contributed by atoms with Crippen LogP contribution in [0.4, 0.5) is 0 Å². The maximum atomic E-state index is 11.8. The SMILES string of the molecule is O=C(N/N=C\c1ccc(O)cc1O)[C@@H]1CC12CCC2. The molecule has 5 heteroatoms. The number of hydrogen-bond donors (Lipinski definition) is 3. The topological polar surface area (TPSA) is 81.9 Å². The fraction of sp³-hybridized carbons (Fsp3) is 0.429. The number of nitrogens with zero attached hydrogens (tertiary/aromatic N) is 1. The lowest BCUT2D eigenvalue weighted by Crippen LogP contribution is -2.26. The van der Waals surface area contributed by atoms with Crippen LogP contribution in [0.5, 0.6) is 11.5 Å². The second kappa shape index (κ2) is 4.26. The van der Waals surface area contributed by atoms with Gasteiger partial charge in [0.2, 0.25) is 5.91 Å². The number of nitrogens with one attached hydrogen (secondary N) is 1. The molecular weight excluding hydrogens is 244 g/mol. The largest absolute Gasteiger partial charge is 0.508 e. The van der Waals surface area contributed by atoms with Crippen LogP contribution in [0.3, 0.4) is 0 Å². The molecule has 1 spiro atoms. The summed E-state index contributed by atoms with van der Waals surface area (Å²) in [5.74, 6) is 0.00417. The lowest BCUT2D eigenvalue weighted by Gasteiger charge is -2.25. The number of carbonyl (C=O) groups is 1. The van der Waals surface area contributed by atoms with E-state index >= 15 is 0 Å². The third-order valence-corrected chi connectivity index (χ3v) is 4.25. The van der Waals surface area contributed by atoms with Gasteiger partial charge in [0.15, 0.2) is 0 Å². The molecule has 5 nitrogen and oxygen atoms in total.